The number of aliphatic hydroxyl groups is 1. The van der Waals surface area contributed by atoms with E-state index in [0.29, 0.717) is 21.9 Å². The number of hydrogen-bond acceptors (Lipinski definition) is 4. The number of hydrogen-bond donors (Lipinski definition) is 2. The molecule has 1 saturated heterocycles. The average Bonchev–Trinajstić information content (AvgIpc) is 3.46. The molecule has 2 aromatic rings. The summed E-state index contributed by atoms with van der Waals surface area (Å²) in [6.45, 7) is 0.398. The van der Waals surface area contributed by atoms with Crippen LogP contribution in [0.2, 0.25) is 5.02 Å². The first-order valence-corrected chi connectivity index (χ1v) is 9.10. The Morgan fingerprint density at radius 1 is 1.19 bits per heavy atom. The fourth-order valence-corrected chi connectivity index (χ4v) is 3.62. The number of aromatic nitrogens is 1. The third kappa shape index (κ3) is 3.04. The molecule has 2 aliphatic rings. The van der Waals surface area contributed by atoms with Crippen LogP contribution >= 0.6 is 11.6 Å². The van der Waals surface area contributed by atoms with E-state index in [2.05, 4.69) is 4.98 Å². The molecule has 0 radical (unpaired) electrons. The highest BCUT2D eigenvalue weighted by Crippen LogP contribution is 2.40. The predicted octanol–water partition coefficient (Wildman–Crippen LogP) is 2.82. The lowest BCUT2D eigenvalue weighted by Gasteiger charge is -2.35. The van der Waals surface area contributed by atoms with Gasteiger partial charge < -0.3 is 15.1 Å². The topological polar surface area (TPSA) is 90.7 Å². The first-order valence-electron chi connectivity index (χ1n) is 8.73. The van der Waals surface area contributed by atoms with Gasteiger partial charge in [0, 0.05) is 48.0 Å². The van der Waals surface area contributed by atoms with Crippen LogP contribution in [0.4, 0.5) is 0 Å². The van der Waals surface area contributed by atoms with Gasteiger partial charge in [0.2, 0.25) is 0 Å². The van der Waals surface area contributed by atoms with Crippen LogP contribution in [-0.4, -0.2) is 50.7 Å². The molecule has 136 valence electrons. The first-order chi connectivity index (χ1) is 12.4. The van der Waals surface area contributed by atoms with Crippen molar-refractivity contribution in [1.82, 2.24) is 9.88 Å². The Morgan fingerprint density at radius 3 is 2.50 bits per heavy atom. The van der Waals surface area contributed by atoms with Crippen molar-refractivity contribution in [2.24, 2.45) is 0 Å². The van der Waals surface area contributed by atoms with Gasteiger partial charge in [0.25, 0.3) is 5.91 Å². The van der Waals surface area contributed by atoms with Crippen molar-refractivity contribution in [2.45, 2.75) is 37.2 Å². The molecule has 1 aromatic heterocycles. The molecular formula is C19H19ClN2O4. The van der Waals surface area contributed by atoms with Crippen molar-refractivity contribution in [3.63, 3.8) is 0 Å². The highest BCUT2D eigenvalue weighted by atomic mass is 35.5. The molecule has 1 aliphatic heterocycles. The van der Waals surface area contributed by atoms with Gasteiger partial charge in [-0.3, -0.25) is 9.78 Å². The summed E-state index contributed by atoms with van der Waals surface area (Å²) in [6, 6.07) is 7.16. The zero-order valence-electron chi connectivity index (χ0n) is 14.1. The molecule has 0 atom stereocenters. The fourth-order valence-electron chi connectivity index (χ4n) is 3.45. The summed E-state index contributed by atoms with van der Waals surface area (Å²) in [7, 11) is 0. The van der Waals surface area contributed by atoms with E-state index >= 15 is 0 Å². The molecule has 26 heavy (non-hydrogen) atoms. The highest BCUT2D eigenvalue weighted by molar-refractivity contribution is 6.31. The number of rotatable bonds is 3. The Morgan fingerprint density at radius 2 is 1.88 bits per heavy atom. The number of carbonyl (C=O) groups excluding carboxylic acids is 1. The summed E-state index contributed by atoms with van der Waals surface area (Å²) < 4.78 is 0. The second-order valence-electron chi connectivity index (χ2n) is 7.16. The Hall–Kier alpha value is -2.18. The lowest BCUT2D eigenvalue weighted by atomic mass is 9.91. The van der Waals surface area contributed by atoms with E-state index in [9.17, 15) is 14.7 Å². The van der Waals surface area contributed by atoms with E-state index < -0.39 is 11.6 Å². The molecule has 7 heteroatoms. The van der Waals surface area contributed by atoms with E-state index in [1.54, 1.807) is 17.0 Å². The van der Waals surface area contributed by atoms with E-state index in [1.807, 2.05) is 12.1 Å². The zero-order valence-corrected chi connectivity index (χ0v) is 14.9. The summed E-state index contributed by atoms with van der Waals surface area (Å²) in [5.41, 5.74) is 0.447. The molecule has 1 saturated carbocycles. The van der Waals surface area contributed by atoms with Crippen molar-refractivity contribution in [3.8, 4) is 0 Å². The third-order valence-electron chi connectivity index (χ3n) is 5.29. The van der Waals surface area contributed by atoms with Gasteiger partial charge in [-0.1, -0.05) is 11.6 Å². The number of benzene rings is 1. The largest absolute Gasteiger partial charge is 0.479 e. The van der Waals surface area contributed by atoms with Crippen LogP contribution in [0.15, 0.2) is 24.3 Å². The van der Waals surface area contributed by atoms with Crippen LogP contribution in [0.25, 0.3) is 10.9 Å². The van der Waals surface area contributed by atoms with Crippen LogP contribution in [0, 0.1) is 0 Å². The lowest BCUT2D eigenvalue weighted by molar-refractivity contribution is -0.162. The number of likely N-dealkylation sites (tertiary alicyclic amines) is 1. The quantitative estimate of drug-likeness (QED) is 0.862. The van der Waals surface area contributed by atoms with Crippen LogP contribution in [0.5, 0.6) is 0 Å². The fraction of sp³-hybridized carbons (Fsp3) is 0.421. The van der Waals surface area contributed by atoms with Gasteiger partial charge in [0.1, 0.15) is 0 Å². The minimum atomic E-state index is -1.75. The molecule has 2 heterocycles. The van der Waals surface area contributed by atoms with Gasteiger partial charge in [-0.25, -0.2) is 4.79 Å². The van der Waals surface area contributed by atoms with Crippen LogP contribution < -0.4 is 0 Å². The third-order valence-corrected chi connectivity index (χ3v) is 5.53. The Balaban J connectivity index is 1.68. The molecule has 0 unspecified atom stereocenters. The zero-order chi connectivity index (χ0) is 18.5. The van der Waals surface area contributed by atoms with E-state index in [1.165, 1.54) is 0 Å². The number of carboxylic acid groups (broad SMARTS) is 1. The van der Waals surface area contributed by atoms with Crippen molar-refractivity contribution in [2.75, 3.05) is 13.1 Å². The standard InChI is InChI=1S/C19H19ClN2O4/c20-12-3-4-15-13(9-12)14(10-16(21-15)11-1-2-11)17(23)22-7-5-19(26,6-8-22)18(24)25/h3-4,9-11,26H,1-2,5-8H2,(H,24,25). The minimum Gasteiger partial charge on any atom is -0.479 e. The SMILES string of the molecule is O=C(c1cc(C2CC2)nc2ccc(Cl)cc12)N1CCC(O)(C(=O)O)CC1. The number of amides is 1. The Labute approximate surface area is 155 Å². The van der Waals surface area contributed by atoms with Gasteiger partial charge in [0.15, 0.2) is 5.60 Å². The summed E-state index contributed by atoms with van der Waals surface area (Å²) in [4.78, 5) is 30.6. The maximum atomic E-state index is 13.1. The second kappa shape index (κ2) is 6.21. The first kappa shape index (κ1) is 17.2. The highest BCUT2D eigenvalue weighted by Gasteiger charge is 2.40. The molecule has 2 N–H and O–H groups in total. The Kier molecular flexibility index (Phi) is 4.12. The minimum absolute atomic E-state index is 0.0212. The molecule has 1 aromatic carbocycles. The van der Waals surface area contributed by atoms with E-state index in [4.69, 9.17) is 16.7 Å². The van der Waals surface area contributed by atoms with E-state index in [0.717, 1.165) is 24.1 Å². The summed E-state index contributed by atoms with van der Waals surface area (Å²) >= 11 is 6.12. The maximum Gasteiger partial charge on any atom is 0.335 e. The monoisotopic (exact) mass is 374 g/mol. The number of carboxylic acids is 1. The number of piperidine rings is 1. The van der Waals surface area contributed by atoms with Gasteiger partial charge in [0.05, 0.1) is 11.1 Å². The molecule has 1 aliphatic carbocycles. The van der Waals surface area contributed by atoms with Gasteiger partial charge >= 0.3 is 5.97 Å². The van der Waals surface area contributed by atoms with E-state index in [-0.39, 0.29) is 31.8 Å². The molecule has 0 bridgehead atoms. The smallest absolute Gasteiger partial charge is 0.335 e. The van der Waals surface area contributed by atoms with Crippen LogP contribution in [0.1, 0.15) is 47.7 Å². The molecule has 1 amide bonds. The normalized spacial score (nSPS) is 19.5. The van der Waals surface area contributed by atoms with Crippen LogP contribution in [-0.2, 0) is 4.79 Å². The number of nitrogens with zero attached hydrogens (tertiary/aromatic N) is 2. The summed E-state index contributed by atoms with van der Waals surface area (Å²) in [5.74, 6) is -1.00. The molecule has 2 fully saturated rings. The second-order valence-corrected chi connectivity index (χ2v) is 7.60. The van der Waals surface area contributed by atoms with Crippen molar-refractivity contribution in [1.29, 1.82) is 0 Å². The van der Waals surface area contributed by atoms with Crippen molar-refractivity contribution >= 4 is 34.4 Å². The molecular weight excluding hydrogens is 356 g/mol. The molecule has 6 nitrogen and oxygen atoms in total. The number of aliphatic carboxylic acids is 1. The van der Waals surface area contributed by atoms with Gasteiger partial charge in [-0.2, -0.15) is 0 Å². The Bertz CT molecular complexity index is 902. The lowest BCUT2D eigenvalue weighted by Crippen LogP contribution is -2.50. The summed E-state index contributed by atoms with van der Waals surface area (Å²) in [5, 5.41) is 20.5. The molecule has 0 spiro atoms. The van der Waals surface area contributed by atoms with Gasteiger partial charge in [-0.15, -0.1) is 0 Å². The predicted molar refractivity (Wildman–Crippen MR) is 96.5 cm³/mol. The van der Waals surface area contributed by atoms with Gasteiger partial charge in [-0.05, 0) is 37.1 Å². The van der Waals surface area contributed by atoms with Crippen molar-refractivity contribution in [3.05, 3.63) is 40.5 Å². The maximum absolute atomic E-state index is 13.1. The summed E-state index contributed by atoms with van der Waals surface area (Å²) in [6.07, 6.45) is 2.20. The van der Waals surface area contributed by atoms with Crippen LogP contribution in [0.3, 0.4) is 0 Å². The van der Waals surface area contributed by atoms with Crippen molar-refractivity contribution < 1.29 is 19.8 Å². The number of halogens is 1. The molecule has 4 rings (SSSR count). The average molecular weight is 375 g/mol. The number of fused-ring (bicyclic) bond motifs is 1. The number of carbonyl (C=O) groups is 2. The number of pyridine rings is 1.